The highest BCUT2D eigenvalue weighted by atomic mass is 14.3. The van der Waals surface area contributed by atoms with E-state index in [1.54, 1.807) is 0 Å². The summed E-state index contributed by atoms with van der Waals surface area (Å²) in [4.78, 5) is 0. The van der Waals surface area contributed by atoms with Crippen LogP contribution in [0.5, 0.6) is 0 Å². The summed E-state index contributed by atoms with van der Waals surface area (Å²) in [6, 6.07) is 53.6. The summed E-state index contributed by atoms with van der Waals surface area (Å²) in [6.45, 7) is 13.5. The predicted octanol–water partition coefficient (Wildman–Crippen LogP) is 16.7. The van der Waals surface area contributed by atoms with Crippen molar-refractivity contribution in [2.45, 2.75) is 52.4 Å². The number of hydrogen-bond acceptors (Lipinski definition) is 0. The Kier molecular flexibility index (Phi) is 7.16. The maximum atomic E-state index is 8.71. The summed E-state index contributed by atoms with van der Waals surface area (Å²) in [5.41, 5.74) is 10.3. The standard InChI is InChI=1S/C58H48/c1-57(2,3)42-30-31-44-51(35-41-29-28-40(34-52(41)53(44)36-42)37-16-8-7-9-17-37)38-24-26-39(27-25-38)55-46-20-12-14-22-48(46)56(49-23-15-13-21-47(49)55)50-32-33-54(58(4,5)6)45-19-11-10-18-43(45)50/h7-36H,1-6H3/i7D,8D,9D,16D,17D. The molecule has 10 aromatic carbocycles. The molecule has 0 saturated heterocycles. The fourth-order valence-corrected chi connectivity index (χ4v) is 9.12. The molecular formula is C58H48. The average molecular weight is 750 g/mol. The molecule has 0 radical (unpaired) electrons. The van der Waals surface area contributed by atoms with Gasteiger partial charge in [-0.25, -0.2) is 0 Å². The molecule has 0 amide bonds. The van der Waals surface area contributed by atoms with Crippen LogP contribution in [0.4, 0.5) is 0 Å². The normalized spacial score (nSPS) is 13.5. The summed E-state index contributed by atoms with van der Waals surface area (Å²) in [6.07, 6.45) is 0. The van der Waals surface area contributed by atoms with Crippen LogP contribution in [0.1, 0.15) is 59.5 Å². The molecule has 0 heteroatoms. The second-order valence-corrected chi connectivity index (χ2v) is 17.7. The fraction of sp³-hybridized carbons (Fsp3) is 0.138. The Morgan fingerprint density at radius 1 is 0.345 bits per heavy atom. The van der Waals surface area contributed by atoms with Crippen LogP contribution in [-0.2, 0) is 10.8 Å². The highest BCUT2D eigenvalue weighted by Crippen LogP contribution is 2.47. The maximum Gasteiger partial charge on any atom is 0.0629 e. The van der Waals surface area contributed by atoms with Crippen LogP contribution in [-0.4, -0.2) is 0 Å². The van der Waals surface area contributed by atoms with Crippen LogP contribution in [0.15, 0.2) is 182 Å². The van der Waals surface area contributed by atoms with Crippen LogP contribution in [0.3, 0.4) is 0 Å². The van der Waals surface area contributed by atoms with E-state index < -0.39 is 0 Å². The van der Waals surface area contributed by atoms with Crippen molar-refractivity contribution in [3.8, 4) is 44.5 Å². The van der Waals surface area contributed by atoms with Crippen LogP contribution in [0, 0.1) is 0 Å². The molecule has 10 aromatic rings. The van der Waals surface area contributed by atoms with Crippen molar-refractivity contribution in [3.63, 3.8) is 0 Å². The Morgan fingerprint density at radius 3 is 1.52 bits per heavy atom. The summed E-state index contributed by atoms with van der Waals surface area (Å²) in [7, 11) is 0. The highest BCUT2D eigenvalue weighted by Gasteiger charge is 2.22. The van der Waals surface area contributed by atoms with E-state index in [2.05, 4.69) is 175 Å². The van der Waals surface area contributed by atoms with Crippen LogP contribution in [0.25, 0.3) is 98.4 Å². The van der Waals surface area contributed by atoms with Gasteiger partial charge in [-0.1, -0.05) is 205 Å². The third-order valence-corrected chi connectivity index (χ3v) is 12.0. The first-order valence-corrected chi connectivity index (χ1v) is 20.3. The van der Waals surface area contributed by atoms with Gasteiger partial charge in [0.05, 0.1) is 6.85 Å². The van der Waals surface area contributed by atoms with E-state index in [9.17, 15) is 0 Å². The molecule has 58 heavy (non-hydrogen) atoms. The van der Waals surface area contributed by atoms with Gasteiger partial charge in [0.2, 0.25) is 0 Å². The van der Waals surface area contributed by atoms with Crippen molar-refractivity contribution < 1.29 is 6.85 Å². The zero-order valence-electron chi connectivity index (χ0n) is 38.9. The molecule has 0 aliphatic carbocycles. The number of rotatable bonds is 4. The Labute approximate surface area is 349 Å². The molecule has 10 rings (SSSR count). The van der Waals surface area contributed by atoms with E-state index in [0.717, 1.165) is 38.2 Å². The number of fused-ring (bicyclic) bond motifs is 6. The summed E-state index contributed by atoms with van der Waals surface area (Å²) >= 11 is 0. The SMILES string of the molecule is [2H]c1c([2H])c([2H])c(-c2ccc3cc(-c4ccc(-c5c6ccccc6c(-c6ccc(C(C)(C)C)c7ccccc67)c6ccccc56)cc4)c4ccc(C(C)(C)C)cc4c3c2)c([2H])c1[2H]. The van der Waals surface area contributed by atoms with E-state index in [1.165, 1.54) is 60.1 Å². The minimum absolute atomic E-state index is 0.00770. The molecule has 0 unspecified atom stereocenters. The van der Waals surface area contributed by atoms with Crippen LogP contribution in [0.2, 0.25) is 0 Å². The summed E-state index contributed by atoms with van der Waals surface area (Å²) < 4.78 is 42.2. The third-order valence-electron chi connectivity index (χ3n) is 12.0. The Balaban J connectivity index is 1.16. The molecule has 0 nitrogen and oxygen atoms in total. The molecule has 0 N–H and O–H groups in total. The fourth-order valence-electron chi connectivity index (χ4n) is 9.12. The largest absolute Gasteiger partial charge is 0.0629 e. The quantitative estimate of drug-likeness (QED) is 0.124. The molecule has 280 valence electrons. The van der Waals surface area contributed by atoms with Crippen molar-refractivity contribution >= 4 is 53.9 Å². The molecule has 0 heterocycles. The third kappa shape index (κ3) is 5.98. The zero-order chi connectivity index (χ0) is 44.1. The first-order valence-electron chi connectivity index (χ1n) is 22.8. The van der Waals surface area contributed by atoms with E-state index in [4.69, 9.17) is 6.85 Å². The maximum absolute atomic E-state index is 8.71. The lowest BCUT2D eigenvalue weighted by Gasteiger charge is -2.24. The molecule has 0 bridgehead atoms. The van der Waals surface area contributed by atoms with Crippen molar-refractivity contribution in [1.82, 2.24) is 0 Å². The lowest BCUT2D eigenvalue weighted by atomic mass is 9.80. The predicted molar refractivity (Wildman–Crippen MR) is 253 cm³/mol. The zero-order valence-corrected chi connectivity index (χ0v) is 33.9. The molecular weight excluding hydrogens is 697 g/mol. The second-order valence-electron chi connectivity index (χ2n) is 17.7. The van der Waals surface area contributed by atoms with Gasteiger partial charge in [0.25, 0.3) is 0 Å². The van der Waals surface area contributed by atoms with Gasteiger partial charge < -0.3 is 0 Å². The molecule has 0 atom stereocenters. The molecule has 0 saturated carbocycles. The average Bonchev–Trinajstić information content (AvgIpc) is 3.28. The topological polar surface area (TPSA) is 0 Å². The van der Waals surface area contributed by atoms with Gasteiger partial charge >= 0.3 is 0 Å². The monoisotopic (exact) mass is 749 g/mol. The molecule has 0 aliphatic rings. The van der Waals surface area contributed by atoms with E-state index in [-0.39, 0.29) is 46.6 Å². The van der Waals surface area contributed by atoms with Crippen LogP contribution < -0.4 is 0 Å². The highest BCUT2D eigenvalue weighted by molar-refractivity contribution is 6.24. The number of benzene rings is 10. The van der Waals surface area contributed by atoms with Gasteiger partial charge in [0.1, 0.15) is 0 Å². The molecule has 0 aromatic heterocycles. The van der Waals surface area contributed by atoms with Crippen molar-refractivity contribution in [2.24, 2.45) is 0 Å². The van der Waals surface area contributed by atoms with Gasteiger partial charge in [0, 0.05) is 0 Å². The molecule has 0 spiro atoms. The van der Waals surface area contributed by atoms with Gasteiger partial charge in [0.15, 0.2) is 0 Å². The second kappa shape index (κ2) is 13.6. The van der Waals surface area contributed by atoms with Crippen molar-refractivity contribution in [3.05, 3.63) is 193 Å². The molecule has 0 fully saturated rings. The van der Waals surface area contributed by atoms with E-state index in [1.807, 2.05) is 18.2 Å². The van der Waals surface area contributed by atoms with Crippen molar-refractivity contribution in [2.75, 3.05) is 0 Å². The van der Waals surface area contributed by atoms with Gasteiger partial charge in [-0.2, -0.15) is 0 Å². The summed E-state index contributed by atoms with van der Waals surface area (Å²) in [5, 5.41) is 11.6. The minimum Gasteiger partial charge on any atom is -0.0622 e. The Bertz CT molecular complexity index is 3430. The number of hydrogen-bond donors (Lipinski definition) is 0. The minimum atomic E-state index is -0.389. The van der Waals surface area contributed by atoms with Gasteiger partial charge in [-0.3, -0.25) is 0 Å². The van der Waals surface area contributed by atoms with Crippen LogP contribution >= 0.6 is 0 Å². The molecule has 0 aliphatic heterocycles. The lowest BCUT2D eigenvalue weighted by molar-refractivity contribution is 0.591. The first kappa shape index (κ1) is 30.6. The van der Waals surface area contributed by atoms with Gasteiger partial charge in [-0.15, -0.1) is 0 Å². The smallest absolute Gasteiger partial charge is 0.0622 e. The first-order chi connectivity index (χ1) is 30.1. The van der Waals surface area contributed by atoms with E-state index >= 15 is 0 Å². The summed E-state index contributed by atoms with van der Waals surface area (Å²) in [5.74, 6) is 0. The van der Waals surface area contributed by atoms with E-state index in [0.29, 0.717) is 5.56 Å². The Morgan fingerprint density at radius 2 is 0.897 bits per heavy atom. The van der Waals surface area contributed by atoms with Gasteiger partial charge in [-0.05, 0) is 139 Å². The Hall–Kier alpha value is -6.50. The van der Waals surface area contributed by atoms with Crippen molar-refractivity contribution in [1.29, 1.82) is 0 Å². The lowest BCUT2D eigenvalue weighted by Crippen LogP contribution is -2.11.